The molecule has 1 aromatic carbocycles. The van der Waals surface area contributed by atoms with Crippen molar-refractivity contribution in [2.24, 2.45) is 0 Å². The number of hydrogen-bond donors (Lipinski definition) is 1. The molecule has 0 bridgehead atoms. The highest BCUT2D eigenvalue weighted by molar-refractivity contribution is 5.56. The molecule has 1 unspecified atom stereocenters. The van der Waals surface area contributed by atoms with E-state index in [9.17, 15) is 10.1 Å². The highest BCUT2D eigenvalue weighted by Gasteiger charge is 2.28. The Morgan fingerprint density at radius 2 is 2.21 bits per heavy atom. The lowest BCUT2D eigenvalue weighted by atomic mass is 9.93. The number of ether oxygens (including phenoxy) is 1. The topological polar surface area (TPSA) is 64.4 Å². The summed E-state index contributed by atoms with van der Waals surface area (Å²) in [7, 11) is 0. The molecule has 0 spiro atoms. The Morgan fingerprint density at radius 1 is 1.47 bits per heavy atom. The van der Waals surface area contributed by atoms with E-state index in [0.29, 0.717) is 6.04 Å². The van der Waals surface area contributed by atoms with Crippen LogP contribution in [-0.4, -0.2) is 23.2 Å². The Labute approximate surface area is 113 Å². The fraction of sp³-hybridized carbons (Fsp3) is 0.571. The summed E-state index contributed by atoms with van der Waals surface area (Å²) in [5, 5.41) is 14.2. The first-order valence-corrected chi connectivity index (χ1v) is 6.53. The Balaban J connectivity index is 2.09. The molecule has 1 aliphatic heterocycles. The highest BCUT2D eigenvalue weighted by atomic mass is 16.6. The van der Waals surface area contributed by atoms with E-state index < -0.39 is 0 Å². The number of nitro groups is 1. The van der Waals surface area contributed by atoms with Crippen LogP contribution in [0.2, 0.25) is 0 Å². The van der Waals surface area contributed by atoms with Crippen molar-refractivity contribution in [2.45, 2.75) is 45.3 Å². The molecule has 1 saturated heterocycles. The number of rotatable bonds is 3. The molecule has 1 aliphatic rings. The van der Waals surface area contributed by atoms with Crippen LogP contribution in [0.4, 0.5) is 11.4 Å². The van der Waals surface area contributed by atoms with Crippen molar-refractivity contribution in [3.05, 3.63) is 33.9 Å². The number of nitro benzene ring substituents is 1. The lowest BCUT2D eigenvalue weighted by molar-refractivity contribution is -0.384. The van der Waals surface area contributed by atoms with Gasteiger partial charge in [-0.2, -0.15) is 0 Å². The van der Waals surface area contributed by atoms with Gasteiger partial charge < -0.3 is 10.1 Å². The largest absolute Gasteiger partial charge is 0.382 e. The first-order chi connectivity index (χ1) is 8.87. The fourth-order valence-corrected chi connectivity index (χ4v) is 2.50. The fourth-order valence-electron chi connectivity index (χ4n) is 2.50. The van der Waals surface area contributed by atoms with E-state index in [2.05, 4.69) is 19.2 Å². The second kappa shape index (κ2) is 5.17. The molecule has 0 radical (unpaired) electrons. The summed E-state index contributed by atoms with van der Waals surface area (Å²) in [4.78, 5) is 10.3. The minimum Gasteiger partial charge on any atom is -0.382 e. The van der Waals surface area contributed by atoms with E-state index >= 15 is 0 Å². The zero-order valence-electron chi connectivity index (χ0n) is 11.6. The summed E-state index contributed by atoms with van der Waals surface area (Å²) in [6.45, 7) is 6.81. The lowest BCUT2D eigenvalue weighted by Gasteiger charge is -2.36. The predicted molar refractivity (Wildman–Crippen MR) is 74.5 cm³/mol. The van der Waals surface area contributed by atoms with Crippen molar-refractivity contribution >= 4 is 11.4 Å². The van der Waals surface area contributed by atoms with Gasteiger partial charge in [0.2, 0.25) is 0 Å². The number of nitrogens with one attached hydrogen (secondary N) is 1. The average molecular weight is 264 g/mol. The van der Waals surface area contributed by atoms with Gasteiger partial charge in [0, 0.05) is 30.5 Å². The molecule has 0 aromatic heterocycles. The third kappa shape index (κ3) is 3.44. The SMILES string of the molecule is Cc1cc([N+](=O)[O-])ccc1NC1CCOC(C)(C)C1. The molecular weight excluding hydrogens is 244 g/mol. The van der Waals surface area contributed by atoms with Crippen LogP contribution in [0.15, 0.2) is 18.2 Å². The van der Waals surface area contributed by atoms with Crippen LogP contribution in [0.5, 0.6) is 0 Å². The van der Waals surface area contributed by atoms with Crippen molar-refractivity contribution in [3.8, 4) is 0 Å². The van der Waals surface area contributed by atoms with E-state index in [1.54, 1.807) is 18.2 Å². The first kappa shape index (κ1) is 13.8. The van der Waals surface area contributed by atoms with Gasteiger partial charge in [-0.1, -0.05) is 0 Å². The second-order valence-electron chi connectivity index (χ2n) is 5.70. The van der Waals surface area contributed by atoms with Crippen LogP contribution < -0.4 is 5.32 Å². The third-order valence-corrected chi connectivity index (χ3v) is 3.48. The van der Waals surface area contributed by atoms with Crippen LogP contribution in [0.3, 0.4) is 0 Å². The molecule has 104 valence electrons. The first-order valence-electron chi connectivity index (χ1n) is 6.53. The maximum Gasteiger partial charge on any atom is 0.269 e. The Kier molecular flexibility index (Phi) is 3.75. The molecule has 2 rings (SSSR count). The Hall–Kier alpha value is -1.62. The standard InChI is InChI=1S/C14H20N2O3/c1-10-8-12(16(17)18)4-5-13(10)15-11-6-7-19-14(2,3)9-11/h4-5,8,11,15H,6-7,9H2,1-3H3. The van der Waals surface area contributed by atoms with Crippen molar-refractivity contribution in [3.63, 3.8) is 0 Å². The average Bonchev–Trinajstić information content (AvgIpc) is 2.30. The van der Waals surface area contributed by atoms with Crippen molar-refractivity contribution < 1.29 is 9.66 Å². The highest BCUT2D eigenvalue weighted by Crippen LogP contribution is 2.28. The summed E-state index contributed by atoms with van der Waals surface area (Å²) in [6.07, 6.45) is 1.89. The Bertz CT molecular complexity index is 486. The van der Waals surface area contributed by atoms with Gasteiger partial charge in [0.05, 0.1) is 10.5 Å². The summed E-state index contributed by atoms with van der Waals surface area (Å²) >= 11 is 0. The molecule has 1 heterocycles. The van der Waals surface area contributed by atoms with Crippen molar-refractivity contribution in [1.82, 2.24) is 0 Å². The second-order valence-corrected chi connectivity index (χ2v) is 5.70. The Morgan fingerprint density at radius 3 is 2.79 bits per heavy atom. The van der Waals surface area contributed by atoms with Crippen LogP contribution in [0.25, 0.3) is 0 Å². The van der Waals surface area contributed by atoms with Crippen LogP contribution in [0.1, 0.15) is 32.3 Å². The van der Waals surface area contributed by atoms with Gasteiger partial charge in [-0.15, -0.1) is 0 Å². The van der Waals surface area contributed by atoms with Gasteiger partial charge in [-0.3, -0.25) is 10.1 Å². The quantitative estimate of drug-likeness (QED) is 0.672. The van der Waals surface area contributed by atoms with Gasteiger partial charge in [0.25, 0.3) is 5.69 Å². The third-order valence-electron chi connectivity index (χ3n) is 3.48. The van der Waals surface area contributed by atoms with Crippen molar-refractivity contribution in [2.75, 3.05) is 11.9 Å². The molecule has 1 N–H and O–H groups in total. The molecule has 0 amide bonds. The minimum atomic E-state index is -0.367. The van der Waals surface area contributed by atoms with Crippen LogP contribution >= 0.6 is 0 Å². The van der Waals surface area contributed by atoms with E-state index in [4.69, 9.17) is 4.74 Å². The molecular formula is C14H20N2O3. The number of nitrogens with zero attached hydrogens (tertiary/aromatic N) is 1. The smallest absolute Gasteiger partial charge is 0.269 e. The molecule has 1 atom stereocenters. The van der Waals surface area contributed by atoms with E-state index in [1.807, 2.05) is 6.92 Å². The summed E-state index contributed by atoms with van der Waals surface area (Å²) in [5.74, 6) is 0. The number of aryl methyl sites for hydroxylation is 1. The molecule has 19 heavy (non-hydrogen) atoms. The van der Waals surface area contributed by atoms with Crippen LogP contribution in [-0.2, 0) is 4.74 Å². The molecule has 1 fully saturated rings. The molecule has 5 nitrogen and oxygen atoms in total. The number of benzene rings is 1. The van der Waals surface area contributed by atoms with Crippen LogP contribution in [0, 0.1) is 17.0 Å². The lowest BCUT2D eigenvalue weighted by Crippen LogP contribution is -2.40. The summed E-state index contributed by atoms with van der Waals surface area (Å²) in [6, 6.07) is 5.28. The monoisotopic (exact) mass is 264 g/mol. The minimum absolute atomic E-state index is 0.107. The van der Waals surface area contributed by atoms with Gasteiger partial charge in [0.15, 0.2) is 0 Å². The molecule has 1 aromatic rings. The maximum atomic E-state index is 10.7. The molecule has 0 aliphatic carbocycles. The number of hydrogen-bond acceptors (Lipinski definition) is 4. The molecule has 5 heteroatoms. The van der Waals surface area contributed by atoms with Crippen molar-refractivity contribution in [1.29, 1.82) is 0 Å². The summed E-state index contributed by atoms with van der Waals surface area (Å²) < 4.78 is 5.68. The predicted octanol–water partition coefficient (Wildman–Crippen LogP) is 3.27. The molecule has 0 saturated carbocycles. The van der Waals surface area contributed by atoms with E-state index in [1.165, 1.54) is 0 Å². The maximum absolute atomic E-state index is 10.7. The van der Waals surface area contributed by atoms with Gasteiger partial charge in [-0.05, 0) is 45.2 Å². The van der Waals surface area contributed by atoms with E-state index in [0.717, 1.165) is 30.7 Å². The van der Waals surface area contributed by atoms with Gasteiger partial charge >= 0.3 is 0 Å². The normalized spacial score (nSPS) is 21.9. The number of non-ortho nitro benzene ring substituents is 1. The van der Waals surface area contributed by atoms with E-state index in [-0.39, 0.29) is 16.2 Å². The summed E-state index contributed by atoms with van der Waals surface area (Å²) in [5.41, 5.74) is 1.90. The number of anilines is 1. The van der Waals surface area contributed by atoms with Gasteiger partial charge in [0.1, 0.15) is 0 Å². The zero-order valence-corrected chi connectivity index (χ0v) is 11.6. The van der Waals surface area contributed by atoms with Gasteiger partial charge in [-0.25, -0.2) is 0 Å². The zero-order chi connectivity index (χ0) is 14.0.